The van der Waals surface area contributed by atoms with E-state index in [1.807, 2.05) is 0 Å². The van der Waals surface area contributed by atoms with Crippen molar-refractivity contribution in [3.63, 3.8) is 0 Å². The first-order valence-corrected chi connectivity index (χ1v) is 11.0. The molecule has 36 heavy (non-hydrogen) atoms. The Balaban J connectivity index is 3.54. The topological polar surface area (TPSA) is 159 Å². The standard InChI is InChI=1S/C23H34O13/c1-11(20(28)29-9)21(36-23(6,7)8)35-22-19(33-15(5)27)18(32-14(4)26)17(31-13(3)25)16(34-22)10-30-12(2)24/h16-19,21-22H,1,10H2,2-9H3/t16-,17-,18+,19-,21-,22+/m1/s1. The maximum absolute atomic E-state index is 12.2. The largest absolute Gasteiger partial charge is 0.466 e. The number of ether oxygens (including phenoxy) is 8. The summed E-state index contributed by atoms with van der Waals surface area (Å²) in [6.07, 6.45) is -8.59. The van der Waals surface area contributed by atoms with Crippen molar-refractivity contribution >= 4 is 29.8 Å². The summed E-state index contributed by atoms with van der Waals surface area (Å²) in [4.78, 5) is 59.3. The van der Waals surface area contributed by atoms with Gasteiger partial charge in [0, 0.05) is 27.7 Å². The quantitative estimate of drug-likeness (QED) is 0.174. The van der Waals surface area contributed by atoms with E-state index >= 15 is 0 Å². The van der Waals surface area contributed by atoms with Crippen molar-refractivity contribution in [2.75, 3.05) is 13.7 Å². The molecule has 1 aliphatic rings. The fourth-order valence-electron chi connectivity index (χ4n) is 3.15. The van der Waals surface area contributed by atoms with Gasteiger partial charge in [-0.15, -0.1) is 0 Å². The van der Waals surface area contributed by atoms with E-state index in [0.717, 1.165) is 34.8 Å². The maximum Gasteiger partial charge on any atom is 0.338 e. The molecule has 13 nitrogen and oxygen atoms in total. The van der Waals surface area contributed by atoms with Gasteiger partial charge in [-0.25, -0.2) is 4.79 Å². The van der Waals surface area contributed by atoms with Crippen molar-refractivity contribution < 1.29 is 61.9 Å². The molecule has 0 amide bonds. The molecular weight excluding hydrogens is 484 g/mol. The van der Waals surface area contributed by atoms with Crippen LogP contribution in [0, 0.1) is 0 Å². The van der Waals surface area contributed by atoms with Gasteiger partial charge in [0.1, 0.15) is 12.7 Å². The van der Waals surface area contributed by atoms with E-state index < -0.39 is 79.1 Å². The lowest BCUT2D eigenvalue weighted by Gasteiger charge is -2.45. The highest BCUT2D eigenvalue weighted by molar-refractivity contribution is 5.88. The van der Waals surface area contributed by atoms with Gasteiger partial charge in [0.25, 0.3) is 0 Å². The van der Waals surface area contributed by atoms with E-state index in [-0.39, 0.29) is 5.57 Å². The third-order valence-corrected chi connectivity index (χ3v) is 4.40. The first-order chi connectivity index (χ1) is 16.5. The van der Waals surface area contributed by atoms with Crippen molar-refractivity contribution in [1.29, 1.82) is 0 Å². The van der Waals surface area contributed by atoms with Gasteiger partial charge < -0.3 is 37.9 Å². The highest BCUT2D eigenvalue weighted by Gasteiger charge is 2.53. The van der Waals surface area contributed by atoms with Crippen LogP contribution in [-0.4, -0.2) is 86.2 Å². The Hall–Kier alpha value is -3.03. The van der Waals surface area contributed by atoms with Crippen LogP contribution in [0.4, 0.5) is 0 Å². The van der Waals surface area contributed by atoms with Crippen molar-refractivity contribution in [2.24, 2.45) is 0 Å². The normalized spacial score (nSPS) is 24.6. The first kappa shape index (κ1) is 31.0. The van der Waals surface area contributed by atoms with Gasteiger partial charge in [0.2, 0.25) is 6.29 Å². The summed E-state index contributed by atoms with van der Waals surface area (Å²) in [5.74, 6) is -3.91. The van der Waals surface area contributed by atoms with E-state index in [4.69, 9.17) is 37.9 Å². The highest BCUT2D eigenvalue weighted by Crippen LogP contribution is 2.32. The van der Waals surface area contributed by atoms with Crippen LogP contribution in [0.2, 0.25) is 0 Å². The third kappa shape index (κ3) is 9.91. The van der Waals surface area contributed by atoms with E-state index in [2.05, 4.69) is 6.58 Å². The van der Waals surface area contributed by atoms with Gasteiger partial charge in [-0.3, -0.25) is 19.2 Å². The summed E-state index contributed by atoms with van der Waals surface area (Å²) in [7, 11) is 1.13. The summed E-state index contributed by atoms with van der Waals surface area (Å²) >= 11 is 0. The molecule has 204 valence electrons. The number of methoxy groups -OCH3 is 1. The average Bonchev–Trinajstić information content (AvgIpc) is 2.72. The van der Waals surface area contributed by atoms with E-state index in [1.165, 1.54) is 0 Å². The second-order valence-electron chi connectivity index (χ2n) is 8.78. The van der Waals surface area contributed by atoms with Crippen LogP contribution in [0.15, 0.2) is 12.2 Å². The van der Waals surface area contributed by atoms with Crippen LogP contribution in [0.5, 0.6) is 0 Å². The van der Waals surface area contributed by atoms with Crippen LogP contribution >= 0.6 is 0 Å². The molecule has 0 spiro atoms. The van der Waals surface area contributed by atoms with Crippen LogP contribution in [0.1, 0.15) is 48.5 Å². The third-order valence-electron chi connectivity index (χ3n) is 4.40. The highest BCUT2D eigenvalue weighted by atomic mass is 16.8. The van der Waals surface area contributed by atoms with Crippen LogP contribution in [-0.2, 0) is 61.9 Å². The SMILES string of the molecule is C=C(C(=O)OC)[C@H](O[C@@H]1O[C@H](COC(C)=O)[C@@H](OC(C)=O)[C@H](OC(C)=O)[C@H]1OC(C)=O)OC(C)(C)C. The van der Waals surface area contributed by atoms with Gasteiger partial charge >= 0.3 is 29.8 Å². The molecule has 13 heteroatoms. The zero-order chi connectivity index (χ0) is 27.8. The molecule has 0 aliphatic carbocycles. The molecule has 0 saturated carbocycles. The first-order valence-electron chi connectivity index (χ1n) is 11.0. The minimum atomic E-state index is -1.57. The van der Waals surface area contributed by atoms with Gasteiger partial charge in [0.15, 0.2) is 24.6 Å². The lowest BCUT2D eigenvalue weighted by atomic mass is 9.98. The van der Waals surface area contributed by atoms with Gasteiger partial charge in [-0.1, -0.05) is 6.58 Å². The average molecular weight is 519 g/mol. The summed E-state index contributed by atoms with van der Waals surface area (Å²) in [5, 5.41) is 0. The summed E-state index contributed by atoms with van der Waals surface area (Å²) < 4.78 is 43.2. The number of hydrogen-bond donors (Lipinski definition) is 0. The minimum absolute atomic E-state index is 0.250. The van der Waals surface area contributed by atoms with E-state index in [0.29, 0.717) is 0 Å². The molecule has 6 atom stereocenters. The van der Waals surface area contributed by atoms with Crippen molar-refractivity contribution in [2.45, 2.75) is 91.1 Å². The maximum atomic E-state index is 12.2. The molecular formula is C23H34O13. The van der Waals surface area contributed by atoms with Crippen molar-refractivity contribution in [3.05, 3.63) is 12.2 Å². The number of carbonyl (C=O) groups is 5. The molecule has 1 saturated heterocycles. The van der Waals surface area contributed by atoms with Crippen molar-refractivity contribution in [3.8, 4) is 0 Å². The second-order valence-corrected chi connectivity index (χ2v) is 8.78. The molecule has 1 rings (SSSR count). The van der Waals surface area contributed by atoms with Gasteiger partial charge in [-0.2, -0.15) is 0 Å². The molecule has 1 fully saturated rings. The molecule has 0 N–H and O–H groups in total. The lowest BCUT2D eigenvalue weighted by molar-refractivity contribution is -0.341. The molecule has 0 radical (unpaired) electrons. The summed E-state index contributed by atoms with van der Waals surface area (Å²) in [6.45, 7) is 12.7. The zero-order valence-electron chi connectivity index (χ0n) is 21.7. The Morgan fingerprint density at radius 3 is 1.78 bits per heavy atom. The Kier molecular flexibility index (Phi) is 11.5. The molecule has 1 aliphatic heterocycles. The van der Waals surface area contributed by atoms with E-state index in [1.54, 1.807) is 20.8 Å². The monoisotopic (exact) mass is 518 g/mol. The fraction of sp³-hybridized carbons (Fsp3) is 0.696. The predicted octanol–water partition coefficient (Wildman–Crippen LogP) is 0.957. The van der Waals surface area contributed by atoms with Crippen molar-refractivity contribution in [1.82, 2.24) is 0 Å². The molecule has 0 unspecified atom stereocenters. The lowest BCUT2D eigenvalue weighted by Crippen LogP contribution is -2.63. The van der Waals surface area contributed by atoms with Crippen LogP contribution < -0.4 is 0 Å². The smallest absolute Gasteiger partial charge is 0.338 e. The zero-order valence-corrected chi connectivity index (χ0v) is 21.7. The number of rotatable bonds is 10. The molecule has 0 aromatic carbocycles. The number of hydrogen-bond acceptors (Lipinski definition) is 13. The Morgan fingerprint density at radius 1 is 0.833 bits per heavy atom. The molecule has 0 aromatic heterocycles. The molecule has 0 aromatic rings. The van der Waals surface area contributed by atoms with Gasteiger partial charge in [0.05, 0.1) is 18.3 Å². The molecule has 0 bridgehead atoms. The number of carbonyl (C=O) groups excluding carboxylic acids is 5. The summed E-state index contributed by atoms with van der Waals surface area (Å²) in [5.41, 5.74) is -1.11. The Labute approximate surface area is 209 Å². The predicted molar refractivity (Wildman–Crippen MR) is 119 cm³/mol. The van der Waals surface area contributed by atoms with Crippen LogP contribution in [0.3, 0.4) is 0 Å². The number of esters is 5. The van der Waals surface area contributed by atoms with E-state index in [9.17, 15) is 24.0 Å². The van der Waals surface area contributed by atoms with Gasteiger partial charge in [-0.05, 0) is 20.8 Å². The second kappa shape index (κ2) is 13.3. The van der Waals surface area contributed by atoms with Crippen LogP contribution in [0.25, 0.3) is 0 Å². The minimum Gasteiger partial charge on any atom is -0.466 e. The molecule has 1 heterocycles. The Morgan fingerprint density at radius 2 is 1.33 bits per heavy atom. The summed E-state index contributed by atoms with van der Waals surface area (Å²) in [6, 6.07) is 0. The fourth-order valence-corrected chi connectivity index (χ4v) is 3.15. The Bertz CT molecular complexity index is 843.